The molecule has 3 aliphatic carbocycles. The first-order valence-electron chi connectivity index (χ1n) is 25.6. The summed E-state index contributed by atoms with van der Waals surface area (Å²) in [6.45, 7) is 39.2. The predicted octanol–water partition coefficient (Wildman–Crippen LogP) is 10.9. The molecule has 1 saturated heterocycles. The third-order valence-corrected chi connectivity index (χ3v) is 31.4. The fourth-order valence-electron chi connectivity index (χ4n) is 13.7. The molecule has 9 atom stereocenters. The Hall–Kier alpha value is -1.88. The first-order chi connectivity index (χ1) is 31.9. The standard InChI is InChI=1S/C52H90O13Si4/c1-31(2)67(56-18,32(3)4)62-40-29-52(65-66(21)22)47(60-48(55)39-26-24-23-25-27-39)45-50(17,46(54)44(43(37(40)13)49(52,15)16)64-69(58-20,35(9)10)36(11)12)41(63-68(57-19,33(5)6)34(7)8)28-42-51(45,30-59-42)61-38(14)53/h23-27,31-36,40-42,44-45,47,66H,28-30H2,1-22H3/t40-,41-,42?,44-,45?,47-,50+,51-,52+/m0/s1. The number of hydrogen-bond donors (Lipinski definition) is 0. The number of fused-ring (bicyclic) bond motifs is 5. The van der Waals surface area contributed by atoms with Crippen LogP contribution in [-0.2, 0) is 54.8 Å². The van der Waals surface area contributed by atoms with Gasteiger partial charge in [0.05, 0.1) is 35.7 Å². The molecule has 4 aliphatic rings. The highest BCUT2D eigenvalue weighted by Crippen LogP contribution is 2.67. The molecule has 17 heteroatoms. The highest BCUT2D eigenvalue weighted by molar-refractivity contribution is 6.71. The highest BCUT2D eigenvalue weighted by atomic mass is 28.4. The van der Waals surface area contributed by atoms with Crippen molar-refractivity contribution in [2.75, 3.05) is 27.9 Å². The lowest BCUT2D eigenvalue weighted by Crippen LogP contribution is -2.83. The van der Waals surface area contributed by atoms with E-state index in [0.717, 1.165) is 5.57 Å². The van der Waals surface area contributed by atoms with Crippen molar-refractivity contribution < 1.29 is 59.6 Å². The zero-order valence-corrected chi connectivity index (χ0v) is 50.5. The summed E-state index contributed by atoms with van der Waals surface area (Å²) >= 11 is 0. The number of esters is 2. The van der Waals surface area contributed by atoms with Gasteiger partial charge in [-0.2, -0.15) is 0 Å². The van der Waals surface area contributed by atoms with Crippen LogP contribution < -0.4 is 0 Å². The van der Waals surface area contributed by atoms with Crippen LogP contribution in [0.3, 0.4) is 0 Å². The maximum absolute atomic E-state index is 17.4. The lowest BCUT2D eigenvalue weighted by Gasteiger charge is -2.69. The molecule has 3 fully saturated rings. The Balaban J connectivity index is 2.09. The predicted molar refractivity (Wildman–Crippen MR) is 278 cm³/mol. The molecule has 69 heavy (non-hydrogen) atoms. The van der Waals surface area contributed by atoms with E-state index < -0.39 is 105 Å². The van der Waals surface area contributed by atoms with Gasteiger partial charge in [0.1, 0.15) is 23.9 Å². The third-order valence-electron chi connectivity index (χ3n) is 17.0. The molecule has 2 saturated carbocycles. The lowest BCUT2D eigenvalue weighted by atomic mass is 9.44. The molecule has 392 valence electrons. The van der Waals surface area contributed by atoms with Gasteiger partial charge in [-0.25, -0.2) is 4.79 Å². The van der Waals surface area contributed by atoms with Crippen LogP contribution >= 0.6 is 0 Å². The Labute approximate surface area is 420 Å². The zero-order valence-electron chi connectivity index (χ0n) is 46.3. The van der Waals surface area contributed by atoms with Gasteiger partial charge in [0.25, 0.3) is 0 Å². The summed E-state index contributed by atoms with van der Waals surface area (Å²) in [6, 6.07) is 8.89. The Kier molecular flexibility index (Phi) is 17.8. The number of ether oxygens (including phenoxy) is 3. The maximum Gasteiger partial charge on any atom is 0.344 e. The summed E-state index contributed by atoms with van der Waals surface area (Å²) < 4.78 is 71.4. The number of Topliss-reactive ketones (excluding diaryl/α,β-unsaturated/α-hetero) is 1. The van der Waals surface area contributed by atoms with Crippen molar-refractivity contribution >= 4 is 52.4 Å². The van der Waals surface area contributed by atoms with Crippen molar-refractivity contribution in [3.05, 3.63) is 47.0 Å². The second-order valence-corrected chi connectivity index (χ2v) is 38.8. The van der Waals surface area contributed by atoms with Gasteiger partial charge in [0, 0.05) is 46.5 Å². The summed E-state index contributed by atoms with van der Waals surface area (Å²) in [5.74, 6) is -2.53. The second-order valence-electron chi connectivity index (χ2n) is 23.3. The Morgan fingerprint density at radius 2 is 1.22 bits per heavy atom. The van der Waals surface area contributed by atoms with E-state index in [1.807, 2.05) is 13.0 Å². The molecule has 0 spiro atoms. The van der Waals surface area contributed by atoms with E-state index >= 15 is 9.59 Å². The molecule has 2 unspecified atom stereocenters. The summed E-state index contributed by atoms with van der Waals surface area (Å²) in [6.07, 6.45) is -4.38. The smallest absolute Gasteiger partial charge is 0.344 e. The number of ketones is 1. The van der Waals surface area contributed by atoms with Crippen molar-refractivity contribution in [2.24, 2.45) is 16.7 Å². The Morgan fingerprint density at radius 3 is 1.64 bits per heavy atom. The maximum atomic E-state index is 17.4. The number of rotatable bonds is 20. The van der Waals surface area contributed by atoms with Gasteiger partial charge in [0.2, 0.25) is 0 Å². The van der Waals surface area contributed by atoms with E-state index in [1.165, 1.54) is 6.92 Å². The second kappa shape index (κ2) is 21.2. The van der Waals surface area contributed by atoms with Crippen LogP contribution in [0.1, 0.15) is 141 Å². The van der Waals surface area contributed by atoms with Crippen LogP contribution in [0.15, 0.2) is 41.5 Å². The SMILES string of the molecule is CO[Si](O[C@@H]1C(=O)[C@@]2(C)C([C@H](OC(=O)c3ccccc3)[C@]3(O[SiH](C)C)C[C@H](O[Si](OC)(C(C)C)C(C)C)C(C)=C1C3(C)C)[C@]1(OC(C)=O)COC1C[C@@H]2O[Si](OC)(C(C)C)C(C)C)(C(C)C)C(C)C. The molecular weight excluding hydrogens is 945 g/mol. The van der Waals surface area contributed by atoms with E-state index in [2.05, 4.69) is 117 Å². The van der Waals surface area contributed by atoms with Gasteiger partial charge in [-0.3, -0.25) is 9.59 Å². The van der Waals surface area contributed by atoms with Crippen LogP contribution in [0.25, 0.3) is 0 Å². The molecule has 13 nitrogen and oxygen atoms in total. The summed E-state index contributed by atoms with van der Waals surface area (Å²) in [4.78, 5) is 46.5. The molecule has 1 aliphatic heterocycles. The molecule has 5 rings (SSSR count). The van der Waals surface area contributed by atoms with Gasteiger partial charge in [-0.15, -0.1) is 0 Å². The van der Waals surface area contributed by atoms with Crippen molar-refractivity contribution in [3.63, 3.8) is 0 Å². The van der Waals surface area contributed by atoms with Crippen LogP contribution in [-0.4, -0.2) is 122 Å². The number of carbonyl (C=O) groups excluding carboxylic acids is 3. The van der Waals surface area contributed by atoms with Crippen molar-refractivity contribution in [1.82, 2.24) is 0 Å². The minimum Gasteiger partial charge on any atom is -0.455 e. The van der Waals surface area contributed by atoms with Crippen LogP contribution in [0.4, 0.5) is 0 Å². The minimum atomic E-state index is -3.35. The molecule has 0 amide bonds. The number of benzene rings is 1. The average Bonchev–Trinajstić information content (AvgIpc) is 3.25. The zero-order chi connectivity index (χ0) is 52.2. The van der Waals surface area contributed by atoms with Gasteiger partial charge < -0.3 is 45.2 Å². The van der Waals surface area contributed by atoms with Crippen LogP contribution in [0.2, 0.25) is 46.3 Å². The topological polar surface area (TPSA) is 144 Å². The molecule has 0 radical (unpaired) electrons. The molecule has 1 heterocycles. The normalized spacial score (nSPS) is 30.8. The van der Waals surface area contributed by atoms with Crippen LogP contribution in [0.5, 0.6) is 0 Å². The molecule has 1 aromatic rings. The van der Waals surface area contributed by atoms with E-state index in [1.54, 1.807) is 45.6 Å². The third kappa shape index (κ3) is 9.39. The quantitative estimate of drug-likeness (QED) is 0.0695. The first-order valence-corrected chi connectivity index (χ1v) is 34.3. The monoisotopic (exact) mass is 1030 g/mol. The molecule has 0 aromatic heterocycles. The number of hydrogen-bond acceptors (Lipinski definition) is 13. The number of carbonyl (C=O) groups is 3. The van der Waals surface area contributed by atoms with E-state index in [9.17, 15) is 4.79 Å². The van der Waals surface area contributed by atoms with Gasteiger partial charge in [-0.1, -0.05) is 115 Å². The van der Waals surface area contributed by atoms with Crippen molar-refractivity contribution in [2.45, 2.75) is 219 Å². The largest absolute Gasteiger partial charge is 0.455 e. The first kappa shape index (κ1) is 58.0. The van der Waals surface area contributed by atoms with Gasteiger partial charge in [0.15, 0.2) is 20.4 Å². The fraction of sp³-hybridized carbons (Fsp3) is 0.788. The Bertz CT molecular complexity index is 2000. The van der Waals surface area contributed by atoms with Gasteiger partial charge >= 0.3 is 37.6 Å². The molecule has 1 aromatic carbocycles. The molecule has 2 bridgehead atoms. The Morgan fingerprint density at radius 1 is 0.739 bits per heavy atom. The molecular formula is C52H90O13Si4. The fourth-order valence-corrected chi connectivity index (χ4v) is 25.9. The minimum absolute atomic E-state index is 0.0268. The summed E-state index contributed by atoms with van der Waals surface area (Å²) in [5, 5.41) is 0. The van der Waals surface area contributed by atoms with Gasteiger partial charge in [-0.05, 0) is 83.5 Å². The van der Waals surface area contributed by atoms with E-state index in [4.69, 9.17) is 45.2 Å². The highest BCUT2D eigenvalue weighted by Gasteiger charge is 2.80. The average molecular weight is 1040 g/mol. The van der Waals surface area contributed by atoms with Crippen molar-refractivity contribution in [3.8, 4) is 0 Å². The lowest BCUT2D eigenvalue weighted by molar-refractivity contribution is -0.343. The summed E-state index contributed by atoms with van der Waals surface area (Å²) in [5.41, 5.74) is -3.98. The van der Waals surface area contributed by atoms with Crippen LogP contribution in [0, 0.1) is 16.7 Å². The molecule has 0 N–H and O–H groups in total. The van der Waals surface area contributed by atoms with E-state index in [0.29, 0.717) is 11.1 Å². The van der Waals surface area contributed by atoms with E-state index in [-0.39, 0.29) is 58.5 Å². The summed E-state index contributed by atoms with van der Waals surface area (Å²) in [7, 11) is -6.73. The van der Waals surface area contributed by atoms with Crippen molar-refractivity contribution in [1.29, 1.82) is 0 Å².